The first-order valence-electron chi connectivity index (χ1n) is 7.25. The maximum absolute atomic E-state index is 11.6. The van der Waals surface area contributed by atoms with Gasteiger partial charge in [-0.05, 0) is 45.7 Å². The van der Waals surface area contributed by atoms with Gasteiger partial charge in [-0.15, -0.1) is 0 Å². The summed E-state index contributed by atoms with van der Waals surface area (Å²) in [6.45, 7) is 1.10. The van der Waals surface area contributed by atoms with Crippen LogP contribution in [0.4, 0.5) is 0 Å². The number of nitrogens with zero attached hydrogens (tertiary/aromatic N) is 1. The second-order valence-electron chi connectivity index (χ2n) is 5.29. The minimum Gasteiger partial charge on any atom is -0.480 e. The summed E-state index contributed by atoms with van der Waals surface area (Å²) in [7, 11) is 4.13. The number of thiol groups is 1. The summed E-state index contributed by atoms with van der Waals surface area (Å²) in [5.74, 6) is -0.716. The topological polar surface area (TPSA) is 69.6 Å². The number of hydrogen-bond acceptors (Lipinski definition) is 4. The van der Waals surface area contributed by atoms with Crippen LogP contribution in [0.5, 0.6) is 0 Å². The lowest BCUT2D eigenvalue weighted by Gasteiger charge is -2.13. The zero-order valence-corrected chi connectivity index (χ0v) is 13.5. The van der Waals surface area contributed by atoms with Crippen molar-refractivity contribution in [2.24, 2.45) is 0 Å². The third-order valence-electron chi connectivity index (χ3n) is 3.06. The van der Waals surface area contributed by atoms with Gasteiger partial charge in [0, 0.05) is 6.42 Å². The Hall–Kier alpha value is -0.750. The van der Waals surface area contributed by atoms with Gasteiger partial charge in [-0.25, -0.2) is 4.79 Å². The number of unbranched alkanes of at least 4 members (excludes halogenated alkanes) is 4. The average Bonchev–Trinajstić information content (AvgIpc) is 2.36. The summed E-state index contributed by atoms with van der Waals surface area (Å²) in [4.78, 5) is 24.6. The molecule has 5 nitrogen and oxygen atoms in total. The predicted octanol–water partition coefficient (Wildman–Crippen LogP) is 1.78. The molecule has 1 amide bonds. The molecule has 0 aromatic heterocycles. The number of rotatable bonds is 12. The van der Waals surface area contributed by atoms with Crippen LogP contribution in [0.25, 0.3) is 0 Å². The van der Waals surface area contributed by atoms with Crippen molar-refractivity contribution in [3.05, 3.63) is 0 Å². The molecule has 2 N–H and O–H groups in total. The van der Waals surface area contributed by atoms with Gasteiger partial charge in [-0.1, -0.05) is 19.3 Å². The molecule has 0 spiro atoms. The monoisotopic (exact) mass is 304 g/mol. The Morgan fingerprint density at radius 1 is 1.15 bits per heavy atom. The number of hydrogen-bond donors (Lipinski definition) is 3. The third-order valence-corrected chi connectivity index (χ3v) is 3.32. The summed E-state index contributed by atoms with van der Waals surface area (Å²) < 4.78 is 0. The maximum Gasteiger partial charge on any atom is 0.326 e. The van der Waals surface area contributed by atoms with Gasteiger partial charge in [-0.2, -0.15) is 12.6 Å². The second-order valence-corrected chi connectivity index (χ2v) is 5.74. The Morgan fingerprint density at radius 2 is 1.75 bits per heavy atom. The van der Waals surface area contributed by atoms with E-state index in [2.05, 4.69) is 36.9 Å². The fraction of sp³-hybridized carbons (Fsp3) is 0.857. The average molecular weight is 304 g/mol. The molecule has 0 aromatic carbocycles. The van der Waals surface area contributed by atoms with Gasteiger partial charge in [0.05, 0.1) is 0 Å². The first-order chi connectivity index (χ1) is 9.47. The van der Waals surface area contributed by atoms with Crippen molar-refractivity contribution >= 4 is 24.5 Å². The van der Waals surface area contributed by atoms with Crippen LogP contribution in [0.1, 0.15) is 44.9 Å². The van der Waals surface area contributed by atoms with Crippen LogP contribution in [-0.2, 0) is 9.59 Å². The fourth-order valence-corrected chi connectivity index (χ4v) is 2.16. The summed E-state index contributed by atoms with van der Waals surface area (Å²) in [6, 6.07) is -0.805. The van der Waals surface area contributed by atoms with Gasteiger partial charge in [0.1, 0.15) is 6.04 Å². The molecule has 0 aromatic rings. The first-order valence-corrected chi connectivity index (χ1v) is 7.88. The van der Waals surface area contributed by atoms with Gasteiger partial charge in [-0.3, -0.25) is 4.79 Å². The van der Waals surface area contributed by atoms with E-state index < -0.39 is 12.0 Å². The molecule has 1 atom stereocenters. The van der Waals surface area contributed by atoms with Crippen LogP contribution in [0.3, 0.4) is 0 Å². The number of amides is 1. The Morgan fingerprint density at radius 3 is 2.30 bits per heavy atom. The van der Waals surface area contributed by atoms with Gasteiger partial charge in [0.25, 0.3) is 0 Å². The van der Waals surface area contributed by atoms with E-state index >= 15 is 0 Å². The SMILES string of the molecule is CN(C)CCCCCCCC(=O)NC(CCS)C(=O)O. The van der Waals surface area contributed by atoms with Crippen LogP contribution in [0.2, 0.25) is 0 Å². The van der Waals surface area contributed by atoms with Crippen molar-refractivity contribution in [2.75, 3.05) is 26.4 Å². The highest BCUT2D eigenvalue weighted by molar-refractivity contribution is 7.80. The van der Waals surface area contributed by atoms with E-state index in [0.29, 0.717) is 18.6 Å². The van der Waals surface area contributed by atoms with E-state index in [4.69, 9.17) is 5.11 Å². The van der Waals surface area contributed by atoms with E-state index in [1.165, 1.54) is 12.8 Å². The van der Waals surface area contributed by atoms with Gasteiger partial charge < -0.3 is 15.3 Å². The quantitative estimate of drug-likeness (QED) is 0.380. The highest BCUT2D eigenvalue weighted by Crippen LogP contribution is 2.06. The Balaban J connectivity index is 3.60. The number of carbonyl (C=O) groups is 2. The Bertz CT molecular complexity index is 286. The Labute approximate surface area is 127 Å². The Kier molecular flexibility index (Phi) is 11.6. The standard InChI is InChI=1S/C14H28N2O3S/c1-16(2)10-7-5-3-4-6-8-13(17)15-12(9-11-20)14(18)19/h12,20H,3-11H2,1-2H3,(H,15,17)(H,18,19). The van der Waals surface area contributed by atoms with Crippen molar-refractivity contribution in [3.8, 4) is 0 Å². The summed E-state index contributed by atoms with van der Waals surface area (Å²) in [5, 5.41) is 11.5. The maximum atomic E-state index is 11.6. The molecule has 1 unspecified atom stereocenters. The number of carboxylic acids is 1. The van der Waals surface area contributed by atoms with Crippen LogP contribution < -0.4 is 5.32 Å². The van der Waals surface area contributed by atoms with Crippen molar-refractivity contribution in [3.63, 3.8) is 0 Å². The molecule has 0 aliphatic carbocycles. The number of carbonyl (C=O) groups excluding carboxylic acids is 1. The second kappa shape index (κ2) is 12.0. The highest BCUT2D eigenvalue weighted by Gasteiger charge is 2.18. The van der Waals surface area contributed by atoms with Gasteiger partial charge in [0.15, 0.2) is 0 Å². The van der Waals surface area contributed by atoms with Gasteiger partial charge >= 0.3 is 5.97 Å². The van der Waals surface area contributed by atoms with Crippen molar-refractivity contribution in [1.82, 2.24) is 10.2 Å². The van der Waals surface area contributed by atoms with Crippen LogP contribution >= 0.6 is 12.6 Å². The van der Waals surface area contributed by atoms with Gasteiger partial charge in [0.2, 0.25) is 5.91 Å². The van der Waals surface area contributed by atoms with Crippen LogP contribution in [0.15, 0.2) is 0 Å². The molecule has 0 aliphatic rings. The lowest BCUT2D eigenvalue weighted by molar-refractivity contribution is -0.141. The normalized spacial score (nSPS) is 12.4. The molecule has 0 rings (SSSR count). The molecule has 6 heteroatoms. The van der Waals surface area contributed by atoms with E-state index in [1.54, 1.807) is 0 Å². The molecule has 0 aliphatic heterocycles. The van der Waals surface area contributed by atoms with E-state index in [9.17, 15) is 9.59 Å². The van der Waals surface area contributed by atoms with E-state index in [0.717, 1.165) is 25.8 Å². The molecule has 0 radical (unpaired) electrons. The molecule has 0 saturated heterocycles. The molecular weight excluding hydrogens is 276 g/mol. The lowest BCUT2D eigenvalue weighted by Crippen LogP contribution is -2.40. The number of nitrogens with one attached hydrogen (secondary N) is 1. The molecule has 0 bridgehead atoms. The highest BCUT2D eigenvalue weighted by atomic mass is 32.1. The number of aliphatic carboxylic acids is 1. The third kappa shape index (κ3) is 11.1. The summed E-state index contributed by atoms with van der Waals surface area (Å²) >= 11 is 3.99. The molecule has 118 valence electrons. The first kappa shape index (κ1) is 19.2. The van der Waals surface area contributed by atoms with E-state index in [1.807, 2.05) is 0 Å². The van der Waals surface area contributed by atoms with E-state index in [-0.39, 0.29) is 5.91 Å². The zero-order chi connectivity index (χ0) is 15.4. The molecule has 0 heterocycles. The van der Waals surface area contributed by atoms with Crippen LogP contribution in [0, 0.1) is 0 Å². The number of carboxylic acid groups (broad SMARTS) is 1. The van der Waals surface area contributed by atoms with Crippen molar-refractivity contribution < 1.29 is 14.7 Å². The molecule has 0 fully saturated rings. The summed E-state index contributed by atoms with van der Waals surface area (Å²) in [6.07, 6.45) is 6.09. The fourth-order valence-electron chi connectivity index (χ4n) is 1.90. The molecule has 20 heavy (non-hydrogen) atoms. The van der Waals surface area contributed by atoms with Crippen LogP contribution in [-0.4, -0.2) is 54.3 Å². The predicted molar refractivity (Wildman–Crippen MR) is 84.3 cm³/mol. The van der Waals surface area contributed by atoms with Crippen molar-refractivity contribution in [2.45, 2.75) is 51.0 Å². The molecular formula is C14H28N2O3S. The van der Waals surface area contributed by atoms with Crippen molar-refractivity contribution in [1.29, 1.82) is 0 Å². The lowest BCUT2D eigenvalue weighted by atomic mass is 10.1. The minimum atomic E-state index is -0.990. The molecule has 0 saturated carbocycles. The zero-order valence-electron chi connectivity index (χ0n) is 12.6. The minimum absolute atomic E-state index is 0.174. The largest absolute Gasteiger partial charge is 0.480 e. The smallest absolute Gasteiger partial charge is 0.326 e. The summed E-state index contributed by atoms with van der Waals surface area (Å²) in [5.41, 5.74) is 0.